The van der Waals surface area contributed by atoms with Crippen molar-refractivity contribution in [2.75, 3.05) is 36.4 Å². The summed E-state index contributed by atoms with van der Waals surface area (Å²) in [5.41, 5.74) is 0.694. The molecule has 2 amide bonds. The van der Waals surface area contributed by atoms with Crippen LogP contribution in [0.1, 0.15) is 25.0 Å². The molecule has 1 aliphatic heterocycles. The normalized spacial score (nSPS) is 15.4. The van der Waals surface area contributed by atoms with Crippen molar-refractivity contribution in [1.82, 2.24) is 14.9 Å². The molecule has 1 aromatic carbocycles. The fourth-order valence-corrected chi connectivity index (χ4v) is 4.23. The number of carbonyl (C=O) groups is 1. The zero-order valence-corrected chi connectivity index (χ0v) is 17.4. The molecule has 0 unspecified atom stereocenters. The number of hydrogen-bond donors (Lipinski definition) is 2. The van der Waals surface area contributed by atoms with Gasteiger partial charge in [-0.05, 0) is 18.6 Å². The number of urea groups is 1. The number of amides is 2. The maximum absolute atomic E-state index is 14.5. The van der Waals surface area contributed by atoms with Crippen LogP contribution < -0.4 is 10.2 Å². The van der Waals surface area contributed by atoms with Crippen LogP contribution in [-0.2, 0) is 0 Å². The van der Waals surface area contributed by atoms with Crippen molar-refractivity contribution in [3.05, 3.63) is 47.4 Å². The van der Waals surface area contributed by atoms with E-state index in [0.717, 1.165) is 23.5 Å². The monoisotopic (exact) mass is 451 g/mol. The molecule has 0 radical (unpaired) electrons. The first-order chi connectivity index (χ1) is 14.9. The Bertz CT molecular complexity index is 1080. The van der Waals surface area contributed by atoms with Gasteiger partial charge in [0.1, 0.15) is 0 Å². The lowest BCUT2D eigenvalue weighted by atomic mass is 10.1. The zero-order valence-electron chi connectivity index (χ0n) is 16.6. The van der Waals surface area contributed by atoms with Crippen molar-refractivity contribution >= 4 is 38.5 Å². The Kier molecular flexibility index (Phi) is 5.96. The third kappa shape index (κ3) is 4.42. The molecule has 1 aliphatic rings. The fraction of sp³-hybridized carbons (Fsp3) is 0.350. The minimum absolute atomic E-state index is 0.183. The average Bonchev–Trinajstić information content (AvgIpc) is 3.14. The van der Waals surface area contributed by atoms with Crippen LogP contribution in [0.25, 0.3) is 10.2 Å². The molecular formula is C20H20F3N5O2S. The van der Waals surface area contributed by atoms with Crippen molar-refractivity contribution in [2.24, 2.45) is 0 Å². The summed E-state index contributed by atoms with van der Waals surface area (Å²) in [6.07, 6.45) is 1.17. The molecule has 164 valence electrons. The van der Waals surface area contributed by atoms with Crippen molar-refractivity contribution < 1.29 is 23.1 Å². The number of fused-ring (bicyclic) bond motifs is 1. The number of rotatable bonds is 4. The van der Waals surface area contributed by atoms with E-state index in [1.807, 2.05) is 0 Å². The second kappa shape index (κ2) is 8.67. The molecule has 11 heteroatoms. The summed E-state index contributed by atoms with van der Waals surface area (Å²) in [4.78, 5) is 24.1. The molecule has 4 rings (SSSR count). The molecule has 31 heavy (non-hydrogen) atoms. The third-order valence-electron chi connectivity index (χ3n) is 5.13. The number of nitrogens with one attached hydrogen (secondary N) is 1. The average molecular weight is 451 g/mol. The second-order valence-electron chi connectivity index (χ2n) is 7.16. The molecule has 2 N–H and O–H groups in total. The van der Waals surface area contributed by atoms with Gasteiger partial charge < -0.3 is 14.9 Å². The Hall–Kier alpha value is -2.92. The Labute approximate surface area is 180 Å². The number of nitrogens with zero attached hydrogens (tertiary/aromatic N) is 4. The quantitative estimate of drug-likeness (QED) is 0.629. The van der Waals surface area contributed by atoms with E-state index in [0.29, 0.717) is 42.9 Å². The fourth-order valence-electron chi connectivity index (χ4n) is 3.37. The van der Waals surface area contributed by atoms with Crippen molar-refractivity contribution in [1.29, 1.82) is 0 Å². The predicted molar refractivity (Wildman–Crippen MR) is 112 cm³/mol. The Balaban J connectivity index is 1.38. The second-order valence-corrected chi connectivity index (χ2v) is 8.19. The highest BCUT2D eigenvalue weighted by molar-refractivity contribution is 7.22. The van der Waals surface area contributed by atoms with Crippen LogP contribution in [0.15, 0.2) is 24.4 Å². The van der Waals surface area contributed by atoms with Gasteiger partial charge in [-0.1, -0.05) is 18.3 Å². The number of aromatic nitrogens is 2. The molecule has 7 nitrogen and oxygen atoms in total. The van der Waals surface area contributed by atoms with E-state index in [4.69, 9.17) is 0 Å². The summed E-state index contributed by atoms with van der Waals surface area (Å²) in [5, 5.41) is 12.7. The van der Waals surface area contributed by atoms with Gasteiger partial charge in [0.05, 0.1) is 16.3 Å². The summed E-state index contributed by atoms with van der Waals surface area (Å²) >= 11 is 1.05. The van der Waals surface area contributed by atoms with Gasteiger partial charge in [-0.3, -0.25) is 5.32 Å². The van der Waals surface area contributed by atoms with Crippen LogP contribution >= 0.6 is 11.3 Å². The molecule has 2 aromatic heterocycles. The first kappa shape index (κ1) is 21.3. The minimum atomic E-state index is -0.995. The largest absolute Gasteiger partial charge is 0.388 e. The maximum atomic E-state index is 14.5. The molecule has 0 bridgehead atoms. The molecule has 3 heterocycles. The molecule has 1 fully saturated rings. The minimum Gasteiger partial charge on any atom is -0.388 e. The number of halogens is 3. The van der Waals surface area contributed by atoms with Crippen molar-refractivity contribution in [3.8, 4) is 0 Å². The van der Waals surface area contributed by atoms with Crippen LogP contribution in [0.4, 0.5) is 28.9 Å². The van der Waals surface area contributed by atoms with Gasteiger partial charge in [0.15, 0.2) is 28.4 Å². The summed E-state index contributed by atoms with van der Waals surface area (Å²) in [7, 11) is 0. The molecule has 0 spiro atoms. The highest BCUT2D eigenvalue weighted by Crippen LogP contribution is 2.28. The number of pyridine rings is 1. The zero-order chi connectivity index (χ0) is 22.1. The van der Waals surface area contributed by atoms with Gasteiger partial charge in [0, 0.05) is 44.0 Å². The van der Waals surface area contributed by atoms with Gasteiger partial charge >= 0.3 is 6.03 Å². The van der Waals surface area contributed by atoms with E-state index in [1.165, 1.54) is 12.3 Å². The summed E-state index contributed by atoms with van der Waals surface area (Å²) in [5.74, 6) is -2.30. The van der Waals surface area contributed by atoms with Crippen LogP contribution in [0, 0.1) is 17.5 Å². The summed E-state index contributed by atoms with van der Waals surface area (Å²) < 4.78 is 41.6. The van der Waals surface area contributed by atoms with Crippen LogP contribution in [0.5, 0.6) is 0 Å². The number of hydrogen-bond acceptors (Lipinski definition) is 6. The number of carbonyl (C=O) groups excluding carboxylic acids is 1. The van der Waals surface area contributed by atoms with Gasteiger partial charge in [-0.25, -0.2) is 27.9 Å². The lowest BCUT2D eigenvalue weighted by molar-refractivity contribution is 0.173. The topological polar surface area (TPSA) is 81.6 Å². The smallest absolute Gasteiger partial charge is 0.323 e. The van der Waals surface area contributed by atoms with E-state index >= 15 is 0 Å². The standard InChI is InChI=1S/C20H20F3N5O2S/c1-2-16(29)11-7-14(23)18(24-10-11)27-3-5-28(6-4-27)20(30)26-19-25-15-8-12(21)13(22)9-17(15)31-19/h7-10,16,29H,2-6H2,1H3,(H,25,26,30)/t16-/m0/s1. The van der Waals surface area contributed by atoms with Gasteiger partial charge in [-0.15, -0.1) is 0 Å². The van der Waals surface area contributed by atoms with E-state index < -0.39 is 29.6 Å². The van der Waals surface area contributed by atoms with Gasteiger partial charge in [-0.2, -0.15) is 0 Å². The first-order valence-electron chi connectivity index (χ1n) is 9.75. The number of aliphatic hydroxyl groups excluding tert-OH is 1. The maximum Gasteiger partial charge on any atom is 0.323 e. The number of benzene rings is 1. The van der Waals surface area contributed by atoms with Crippen molar-refractivity contribution in [3.63, 3.8) is 0 Å². The van der Waals surface area contributed by atoms with Gasteiger partial charge in [0.2, 0.25) is 0 Å². The number of thiazole rings is 1. The predicted octanol–water partition coefficient (Wildman–Crippen LogP) is 3.91. The van der Waals surface area contributed by atoms with E-state index in [2.05, 4.69) is 15.3 Å². The first-order valence-corrected chi connectivity index (χ1v) is 10.6. The molecule has 1 atom stereocenters. The van der Waals surface area contributed by atoms with Crippen LogP contribution in [-0.4, -0.2) is 52.2 Å². The van der Waals surface area contributed by atoms with E-state index in [-0.39, 0.29) is 16.5 Å². The molecular weight excluding hydrogens is 431 g/mol. The number of piperazine rings is 1. The molecule has 0 saturated carbocycles. The number of aliphatic hydroxyl groups is 1. The SMILES string of the molecule is CC[C@H](O)c1cnc(N2CCN(C(=O)Nc3nc4cc(F)c(F)cc4s3)CC2)c(F)c1. The lowest BCUT2D eigenvalue weighted by Crippen LogP contribution is -2.50. The van der Waals surface area contributed by atoms with E-state index in [1.54, 1.807) is 16.7 Å². The van der Waals surface area contributed by atoms with Crippen molar-refractivity contribution in [2.45, 2.75) is 19.4 Å². The summed E-state index contributed by atoms with van der Waals surface area (Å²) in [6, 6.07) is 2.92. The Morgan fingerprint density at radius 2 is 1.87 bits per heavy atom. The molecule has 1 saturated heterocycles. The van der Waals surface area contributed by atoms with Crippen LogP contribution in [0.3, 0.4) is 0 Å². The number of anilines is 2. The van der Waals surface area contributed by atoms with Gasteiger partial charge in [0.25, 0.3) is 0 Å². The Morgan fingerprint density at radius 1 is 1.16 bits per heavy atom. The van der Waals surface area contributed by atoms with Crippen LogP contribution in [0.2, 0.25) is 0 Å². The van der Waals surface area contributed by atoms with E-state index in [9.17, 15) is 23.1 Å². The third-order valence-corrected chi connectivity index (χ3v) is 6.06. The Morgan fingerprint density at radius 3 is 2.55 bits per heavy atom. The molecule has 3 aromatic rings. The lowest BCUT2D eigenvalue weighted by Gasteiger charge is -2.35. The highest BCUT2D eigenvalue weighted by Gasteiger charge is 2.25. The summed E-state index contributed by atoms with van der Waals surface area (Å²) in [6.45, 7) is 3.22. The highest BCUT2D eigenvalue weighted by atomic mass is 32.1. The molecule has 0 aliphatic carbocycles.